The zero-order valence-corrected chi connectivity index (χ0v) is 16.9. The number of aryl methyl sites for hydroxylation is 1. The molecule has 0 aliphatic heterocycles. The molecule has 1 saturated carbocycles. The lowest BCUT2D eigenvalue weighted by atomic mass is 9.93. The van der Waals surface area contributed by atoms with E-state index in [0.29, 0.717) is 10.9 Å². The van der Waals surface area contributed by atoms with Crippen molar-refractivity contribution < 1.29 is 4.74 Å². The van der Waals surface area contributed by atoms with Crippen molar-refractivity contribution in [3.8, 4) is 17.0 Å². The molecule has 2 heterocycles. The van der Waals surface area contributed by atoms with E-state index in [1.54, 1.807) is 7.11 Å². The van der Waals surface area contributed by atoms with Crippen LogP contribution in [0.2, 0.25) is 5.02 Å². The summed E-state index contributed by atoms with van der Waals surface area (Å²) in [6.07, 6.45) is 5.83. The lowest BCUT2D eigenvalue weighted by Crippen LogP contribution is -2.05. The summed E-state index contributed by atoms with van der Waals surface area (Å²) in [4.78, 5) is 13.4. The van der Waals surface area contributed by atoms with Gasteiger partial charge in [0.1, 0.15) is 17.1 Å². The van der Waals surface area contributed by atoms with E-state index in [1.165, 1.54) is 31.4 Å². The number of fused-ring (bicyclic) bond motifs is 1. The molecule has 4 nitrogen and oxygen atoms in total. The molecule has 0 bridgehead atoms. The van der Waals surface area contributed by atoms with Gasteiger partial charge in [0.05, 0.1) is 23.3 Å². The van der Waals surface area contributed by atoms with Crippen molar-refractivity contribution >= 4 is 22.6 Å². The van der Waals surface area contributed by atoms with Crippen molar-refractivity contribution in [3.63, 3.8) is 0 Å². The smallest absolute Gasteiger partial charge is 0.120 e. The van der Waals surface area contributed by atoms with Gasteiger partial charge in [-0.3, -0.25) is 4.98 Å². The maximum Gasteiger partial charge on any atom is 0.120 e. The van der Waals surface area contributed by atoms with Gasteiger partial charge >= 0.3 is 0 Å². The lowest BCUT2D eigenvalue weighted by molar-refractivity contribution is 0.415. The Hall–Kier alpha value is -2.07. The Balaban J connectivity index is 1.90. The third-order valence-electron chi connectivity index (χ3n) is 5.48. The zero-order valence-electron chi connectivity index (χ0n) is 16.2. The molecule has 1 atom stereocenters. The van der Waals surface area contributed by atoms with Crippen molar-refractivity contribution in [2.24, 2.45) is 5.92 Å². The average molecular weight is 384 g/mol. The number of methoxy groups -OCH3 is 1. The van der Waals surface area contributed by atoms with Gasteiger partial charge in [-0.1, -0.05) is 31.9 Å². The predicted octanol–water partition coefficient (Wildman–Crippen LogP) is 6.14. The van der Waals surface area contributed by atoms with E-state index >= 15 is 0 Å². The molecule has 2 aromatic heterocycles. The van der Waals surface area contributed by atoms with Crippen LogP contribution in [-0.4, -0.2) is 22.1 Å². The largest absolute Gasteiger partial charge is 0.497 e. The molecule has 1 aliphatic rings. The highest BCUT2D eigenvalue weighted by Crippen LogP contribution is 2.46. The molecule has 1 aliphatic carbocycles. The summed E-state index contributed by atoms with van der Waals surface area (Å²) in [7, 11) is 1.65. The molecule has 1 aromatic carbocycles. The fraction of sp³-hybridized carbons (Fsp3) is 0.455. The number of rotatable bonds is 7. The van der Waals surface area contributed by atoms with Crippen LogP contribution in [0.4, 0.5) is 0 Å². The molecule has 0 amide bonds. The van der Waals surface area contributed by atoms with E-state index in [-0.39, 0.29) is 0 Å². The predicted molar refractivity (Wildman–Crippen MR) is 111 cm³/mol. The average Bonchev–Trinajstić information content (AvgIpc) is 3.43. The second-order valence-electron chi connectivity index (χ2n) is 7.41. The van der Waals surface area contributed by atoms with Crippen molar-refractivity contribution in [3.05, 3.63) is 40.8 Å². The molecular formula is C22H26ClN3O. The third-order valence-corrected chi connectivity index (χ3v) is 5.79. The van der Waals surface area contributed by atoms with Crippen LogP contribution in [0.15, 0.2) is 24.3 Å². The second-order valence-corrected chi connectivity index (χ2v) is 7.81. The highest BCUT2D eigenvalue weighted by molar-refractivity contribution is 6.33. The number of pyridine rings is 1. The minimum Gasteiger partial charge on any atom is -0.497 e. The van der Waals surface area contributed by atoms with Gasteiger partial charge in [-0.05, 0) is 49.4 Å². The second kappa shape index (κ2) is 7.51. The van der Waals surface area contributed by atoms with E-state index in [9.17, 15) is 0 Å². The van der Waals surface area contributed by atoms with Gasteiger partial charge in [0.15, 0.2) is 0 Å². The first-order chi connectivity index (χ1) is 13.1. The summed E-state index contributed by atoms with van der Waals surface area (Å²) in [5.41, 5.74) is 4.90. The monoisotopic (exact) mass is 383 g/mol. The Morgan fingerprint density at radius 2 is 2.04 bits per heavy atom. The summed E-state index contributed by atoms with van der Waals surface area (Å²) in [6, 6.07) is 7.97. The summed E-state index contributed by atoms with van der Waals surface area (Å²) in [5.74, 6) is 3.01. The number of aromatic nitrogens is 3. The molecule has 5 heteroatoms. The topological polar surface area (TPSA) is 50.8 Å². The van der Waals surface area contributed by atoms with Gasteiger partial charge in [-0.25, -0.2) is 4.98 Å². The molecule has 142 valence electrons. The summed E-state index contributed by atoms with van der Waals surface area (Å²) < 4.78 is 5.30. The van der Waals surface area contributed by atoms with Crippen molar-refractivity contribution in [1.29, 1.82) is 0 Å². The fourth-order valence-corrected chi connectivity index (χ4v) is 4.14. The number of hydrogen-bond donors (Lipinski definition) is 1. The number of hydrogen-bond acceptors (Lipinski definition) is 3. The molecule has 1 N–H and O–H groups in total. The number of halogens is 1. The standard InChI is InChI=1S/C22H26ClN3O/c1-4-6-15(13-7-8-13)18-12-19-22(26-20(5-2)24-19)21(25-18)16-10-9-14(27-3)11-17(16)23/h9-13,15H,4-8H2,1-3H3,(H,24,26). The van der Waals surface area contributed by atoms with Crippen LogP contribution in [0.5, 0.6) is 5.75 Å². The number of imidazole rings is 1. The molecule has 3 aromatic rings. The quantitative estimate of drug-likeness (QED) is 0.532. The van der Waals surface area contributed by atoms with E-state index in [2.05, 4.69) is 24.9 Å². The number of benzene rings is 1. The Morgan fingerprint density at radius 3 is 2.67 bits per heavy atom. The third kappa shape index (κ3) is 3.55. The highest BCUT2D eigenvalue weighted by atomic mass is 35.5. The number of H-pyrrole nitrogens is 1. The Labute approximate surface area is 165 Å². The van der Waals surface area contributed by atoms with Crippen molar-refractivity contribution in [1.82, 2.24) is 15.0 Å². The first kappa shape index (κ1) is 18.3. The van der Waals surface area contributed by atoms with E-state index in [1.807, 2.05) is 18.2 Å². The number of aromatic amines is 1. The van der Waals surface area contributed by atoms with Crippen LogP contribution >= 0.6 is 11.6 Å². The Kier molecular flexibility index (Phi) is 5.09. The van der Waals surface area contributed by atoms with Gasteiger partial charge < -0.3 is 9.72 Å². The number of nitrogens with zero attached hydrogens (tertiary/aromatic N) is 2. The molecular weight excluding hydrogens is 358 g/mol. The van der Waals surface area contributed by atoms with Gasteiger partial charge in [-0.15, -0.1) is 0 Å². The summed E-state index contributed by atoms with van der Waals surface area (Å²) >= 11 is 6.59. The van der Waals surface area contributed by atoms with Gasteiger partial charge in [0.25, 0.3) is 0 Å². The molecule has 27 heavy (non-hydrogen) atoms. The molecule has 1 fully saturated rings. The molecule has 4 rings (SSSR count). The lowest BCUT2D eigenvalue weighted by Gasteiger charge is -2.17. The highest BCUT2D eigenvalue weighted by Gasteiger charge is 2.33. The van der Waals surface area contributed by atoms with E-state index < -0.39 is 0 Å². The zero-order chi connectivity index (χ0) is 19.0. The van der Waals surface area contributed by atoms with Crippen molar-refractivity contribution in [2.75, 3.05) is 7.11 Å². The van der Waals surface area contributed by atoms with Gasteiger partial charge in [0.2, 0.25) is 0 Å². The Morgan fingerprint density at radius 1 is 1.22 bits per heavy atom. The van der Waals surface area contributed by atoms with Crippen LogP contribution in [-0.2, 0) is 6.42 Å². The van der Waals surface area contributed by atoms with Crippen LogP contribution in [0.3, 0.4) is 0 Å². The molecule has 0 radical (unpaired) electrons. The van der Waals surface area contributed by atoms with Crippen LogP contribution in [0.25, 0.3) is 22.3 Å². The maximum absolute atomic E-state index is 6.59. The minimum absolute atomic E-state index is 0.517. The molecule has 0 saturated heterocycles. The first-order valence-corrected chi connectivity index (χ1v) is 10.3. The maximum atomic E-state index is 6.59. The minimum atomic E-state index is 0.517. The van der Waals surface area contributed by atoms with Crippen LogP contribution in [0, 0.1) is 5.92 Å². The Bertz CT molecular complexity index is 962. The van der Waals surface area contributed by atoms with Gasteiger partial charge in [-0.2, -0.15) is 0 Å². The van der Waals surface area contributed by atoms with Crippen molar-refractivity contribution in [2.45, 2.75) is 51.9 Å². The fourth-order valence-electron chi connectivity index (χ4n) is 3.88. The van der Waals surface area contributed by atoms with E-state index in [4.69, 9.17) is 26.3 Å². The molecule has 0 spiro atoms. The SMILES string of the molecule is CCCC(c1cc2[nH]c(CC)nc2c(-c2ccc(OC)cc2Cl)n1)C1CC1. The summed E-state index contributed by atoms with van der Waals surface area (Å²) in [5, 5.41) is 0.639. The first-order valence-electron chi connectivity index (χ1n) is 9.88. The number of nitrogens with one attached hydrogen (secondary N) is 1. The normalized spacial score (nSPS) is 15.3. The summed E-state index contributed by atoms with van der Waals surface area (Å²) in [6.45, 7) is 4.36. The van der Waals surface area contributed by atoms with Gasteiger partial charge in [0, 0.05) is 23.6 Å². The van der Waals surface area contributed by atoms with Crippen LogP contribution in [0.1, 0.15) is 57.0 Å². The molecule has 1 unspecified atom stereocenters. The van der Waals surface area contributed by atoms with E-state index in [0.717, 1.165) is 46.2 Å². The number of ether oxygens (including phenoxy) is 1. The van der Waals surface area contributed by atoms with Crippen LogP contribution < -0.4 is 4.74 Å².